The minimum Gasteiger partial charge on any atom is -0.317 e. The van der Waals surface area contributed by atoms with Gasteiger partial charge in [-0.2, -0.15) is 0 Å². The van der Waals surface area contributed by atoms with E-state index in [1.807, 2.05) is 19.3 Å². The molecule has 0 amide bonds. The maximum absolute atomic E-state index is 12.1. The maximum Gasteiger partial charge on any atom is 0.250 e. The summed E-state index contributed by atoms with van der Waals surface area (Å²) in [5.74, 6) is 0.106. The van der Waals surface area contributed by atoms with Crippen molar-refractivity contribution in [3.63, 3.8) is 0 Å². The molecule has 1 rings (SSSR count). The lowest BCUT2D eigenvalue weighted by Gasteiger charge is -2.22. The Morgan fingerprint density at radius 3 is 2.61 bits per heavy atom. The fraction of sp³-hybridized carbons (Fsp3) is 0.600. The van der Waals surface area contributed by atoms with Crippen LogP contribution in [0.25, 0.3) is 0 Å². The average molecular weight is 313 g/mol. The van der Waals surface area contributed by atoms with Crippen LogP contribution >= 0.6 is 22.9 Å². The second kappa shape index (κ2) is 6.83. The van der Waals surface area contributed by atoms with E-state index in [1.165, 1.54) is 6.07 Å². The zero-order valence-corrected chi connectivity index (χ0v) is 12.6. The van der Waals surface area contributed by atoms with E-state index in [2.05, 4.69) is 4.72 Å². The van der Waals surface area contributed by atoms with Gasteiger partial charge in [-0.3, -0.25) is 0 Å². The van der Waals surface area contributed by atoms with Crippen molar-refractivity contribution in [1.29, 1.82) is 0 Å². The number of hydrogen-bond acceptors (Lipinski definition) is 5. The van der Waals surface area contributed by atoms with Crippen LogP contribution < -0.4 is 10.2 Å². The van der Waals surface area contributed by atoms with Crippen LogP contribution in [0.15, 0.2) is 16.3 Å². The summed E-state index contributed by atoms with van der Waals surface area (Å²) in [6.45, 7) is 4.05. The standard InChI is InChI=1S/C10H17ClN2O3S2/c1-3-7(2)8(6-12-14)13-18(15,16)10-5-4-9(11)17-10/h4-5,7-8,12-14H,3,6H2,1-2H3/t7?,8-/m1/s1. The molecule has 1 heterocycles. The Bertz CT molecular complexity index is 475. The molecule has 1 aromatic rings. The summed E-state index contributed by atoms with van der Waals surface area (Å²) in [6.07, 6.45) is 0.806. The highest BCUT2D eigenvalue weighted by atomic mass is 35.5. The molecule has 5 nitrogen and oxygen atoms in total. The molecule has 0 fully saturated rings. The van der Waals surface area contributed by atoms with Gasteiger partial charge in [0.15, 0.2) is 0 Å². The van der Waals surface area contributed by atoms with Gasteiger partial charge in [-0.15, -0.1) is 11.3 Å². The first kappa shape index (κ1) is 15.9. The predicted octanol–water partition coefficient (Wildman–Crippen LogP) is 2.07. The van der Waals surface area contributed by atoms with E-state index in [4.69, 9.17) is 16.8 Å². The van der Waals surface area contributed by atoms with Crippen molar-refractivity contribution in [2.45, 2.75) is 30.5 Å². The third-order valence-corrected chi connectivity index (χ3v) is 5.97. The molecule has 0 saturated carbocycles. The van der Waals surface area contributed by atoms with Crippen molar-refractivity contribution in [3.05, 3.63) is 16.5 Å². The summed E-state index contributed by atoms with van der Waals surface area (Å²) in [7, 11) is -3.58. The Balaban J connectivity index is 2.85. The van der Waals surface area contributed by atoms with Crippen molar-refractivity contribution < 1.29 is 13.6 Å². The summed E-state index contributed by atoms with van der Waals surface area (Å²) in [5, 5.41) is 8.75. The van der Waals surface area contributed by atoms with Gasteiger partial charge in [-0.25, -0.2) is 18.6 Å². The fourth-order valence-electron chi connectivity index (χ4n) is 1.44. The van der Waals surface area contributed by atoms with Crippen LogP contribution in [0.5, 0.6) is 0 Å². The molecule has 0 spiro atoms. The van der Waals surface area contributed by atoms with Crippen LogP contribution in [-0.4, -0.2) is 26.2 Å². The van der Waals surface area contributed by atoms with Crippen molar-refractivity contribution in [2.75, 3.05) is 6.54 Å². The molecular formula is C10H17ClN2O3S2. The first-order valence-corrected chi connectivity index (χ1v) is 8.23. The number of thiophene rings is 1. The van der Waals surface area contributed by atoms with E-state index >= 15 is 0 Å². The summed E-state index contributed by atoms with van der Waals surface area (Å²) < 4.78 is 27.3. The molecule has 0 aliphatic rings. The van der Waals surface area contributed by atoms with Gasteiger partial charge in [0.25, 0.3) is 0 Å². The molecule has 1 unspecified atom stereocenters. The second-order valence-electron chi connectivity index (χ2n) is 4.03. The minimum absolute atomic E-state index is 0.106. The third-order valence-electron chi connectivity index (χ3n) is 2.76. The van der Waals surface area contributed by atoms with E-state index in [0.29, 0.717) is 4.34 Å². The summed E-state index contributed by atoms with van der Waals surface area (Å²) >= 11 is 6.73. The Hall–Kier alpha value is -0.180. The number of nitrogens with one attached hydrogen (secondary N) is 2. The van der Waals surface area contributed by atoms with E-state index < -0.39 is 10.0 Å². The van der Waals surface area contributed by atoms with E-state index in [-0.39, 0.29) is 22.7 Å². The summed E-state index contributed by atoms with van der Waals surface area (Å²) in [6, 6.07) is 2.64. The predicted molar refractivity (Wildman–Crippen MR) is 72.7 cm³/mol. The zero-order chi connectivity index (χ0) is 13.8. The largest absolute Gasteiger partial charge is 0.317 e. The third kappa shape index (κ3) is 4.18. The van der Waals surface area contributed by atoms with Gasteiger partial charge in [0.2, 0.25) is 10.0 Å². The molecule has 0 bridgehead atoms. The number of hydroxylamine groups is 1. The van der Waals surface area contributed by atoms with Crippen molar-refractivity contribution in [1.82, 2.24) is 10.2 Å². The molecule has 1 aromatic heterocycles. The van der Waals surface area contributed by atoms with Crippen LogP contribution in [0.2, 0.25) is 4.34 Å². The molecule has 0 saturated heterocycles. The molecule has 0 aliphatic carbocycles. The second-order valence-corrected chi connectivity index (χ2v) is 7.69. The maximum atomic E-state index is 12.1. The van der Waals surface area contributed by atoms with Gasteiger partial charge in [0.1, 0.15) is 4.21 Å². The molecule has 2 atom stereocenters. The Morgan fingerprint density at radius 1 is 1.50 bits per heavy atom. The normalized spacial score (nSPS) is 15.6. The molecule has 0 aliphatic heterocycles. The quantitative estimate of drug-likeness (QED) is 0.674. The molecule has 8 heteroatoms. The van der Waals surface area contributed by atoms with Gasteiger partial charge in [-0.1, -0.05) is 31.9 Å². The SMILES string of the molecule is CCC(C)[C@@H](CNO)NS(=O)(=O)c1ccc(Cl)s1. The van der Waals surface area contributed by atoms with Crippen molar-refractivity contribution in [2.24, 2.45) is 5.92 Å². The topological polar surface area (TPSA) is 78.4 Å². The van der Waals surface area contributed by atoms with Gasteiger partial charge in [0, 0.05) is 12.6 Å². The van der Waals surface area contributed by atoms with E-state index in [9.17, 15) is 8.42 Å². The van der Waals surface area contributed by atoms with Gasteiger partial charge in [-0.05, 0) is 18.1 Å². The molecular weight excluding hydrogens is 296 g/mol. The van der Waals surface area contributed by atoms with Crippen LogP contribution in [0, 0.1) is 5.92 Å². The molecule has 18 heavy (non-hydrogen) atoms. The first-order valence-electron chi connectivity index (χ1n) is 5.55. The lowest BCUT2D eigenvalue weighted by Crippen LogP contribution is -2.45. The number of hydrogen-bond donors (Lipinski definition) is 3. The van der Waals surface area contributed by atoms with E-state index in [1.54, 1.807) is 6.07 Å². The van der Waals surface area contributed by atoms with Crippen LogP contribution in [0.1, 0.15) is 20.3 Å². The lowest BCUT2D eigenvalue weighted by molar-refractivity contribution is 0.148. The van der Waals surface area contributed by atoms with Crippen LogP contribution in [0.3, 0.4) is 0 Å². The molecule has 104 valence electrons. The monoisotopic (exact) mass is 312 g/mol. The summed E-state index contributed by atoms with van der Waals surface area (Å²) in [4.78, 5) is 0. The average Bonchev–Trinajstić information content (AvgIpc) is 2.75. The Morgan fingerprint density at radius 2 is 2.17 bits per heavy atom. The summed E-state index contributed by atoms with van der Waals surface area (Å²) in [5.41, 5.74) is 2.01. The number of halogens is 1. The minimum atomic E-state index is -3.58. The number of rotatable bonds is 7. The molecule has 0 radical (unpaired) electrons. The number of sulfonamides is 1. The molecule has 0 aromatic carbocycles. The lowest BCUT2D eigenvalue weighted by atomic mass is 10.0. The Labute approximate surface area is 116 Å². The highest BCUT2D eigenvalue weighted by molar-refractivity contribution is 7.91. The van der Waals surface area contributed by atoms with Gasteiger partial charge < -0.3 is 5.21 Å². The Kier molecular flexibility index (Phi) is 6.03. The molecule has 3 N–H and O–H groups in total. The van der Waals surface area contributed by atoms with Crippen LogP contribution in [0.4, 0.5) is 0 Å². The first-order chi connectivity index (χ1) is 8.40. The van der Waals surface area contributed by atoms with Gasteiger partial charge >= 0.3 is 0 Å². The fourth-order valence-corrected chi connectivity index (χ4v) is 4.29. The van der Waals surface area contributed by atoms with Crippen molar-refractivity contribution >= 4 is 33.0 Å². The van der Waals surface area contributed by atoms with E-state index in [0.717, 1.165) is 17.8 Å². The smallest absolute Gasteiger partial charge is 0.250 e. The highest BCUT2D eigenvalue weighted by Gasteiger charge is 2.24. The van der Waals surface area contributed by atoms with Gasteiger partial charge in [0.05, 0.1) is 4.34 Å². The van der Waals surface area contributed by atoms with Crippen LogP contribution in [-0.2, 0) is 10.0 Å². The zero-order valence-electron chi connectivity index (χ0n) is 10.2. The highest BCUT2D eigenvalue weighted by Crippen LogP contribution is 2.26. The van der Waals surface area contributed by atoms with Crippen molar-refractivity contribution in [3.8, 4) is 0 Å².